The lowest BCUT2D eigenvalue weighted by Crippen LogP contribution is -2.32. The number of anilines is 1. The van der Waals surface area contributed by atoms with Crippen molar-refractivity contribution in [2.45, 2.75) is 25.2 Å². The van der Waals surface area contributed by atoms with Crippen LogP contribution in [-0.4, -0.2) is 28.9 Å². The highest BCUT2D eigenvalue weighted by atomic mass is 16.5. The molecule has 0 spiro atoms. The number of hydrogen-bond donors (Lipinski definition) is 1. The van der Waals surface area contributed by atoms with E-state index in [9.17, 15) is 9.59 Å². The highest BCUT2D eigenvalue weighted by Gasteiger charge is 2.56. The quantitative estimate of drug-likeness (QED) is 0.479. The first-order valence-corrected chi connectivity index (χ1v) is 11.1. The normalized spacial score (nSPS) is 21.9. The van der Waals surface area contributed by atoms with E-state index in [1.807, 2.05) is 61.5 Å². The van der Waals surface area contributed by atoms with Crippen LogP contribution in [0.5, 0.6) is 5.75 Å². The molecule has 6 heteroatoms. The van der Waals surface area contributed by atoms with Crippen LogP contribution in [-0.2, 0) is 16.0 Å². The van der Waals surface area contributed by atoms with Gasteiger partial charge in [-0.3, -0.25) is 14.6 Å². The Morgan fingerprint density at radius 3 is 2.48 bits per heavy atom. The number of aromatic amines is 1. The van der Waals surface area contributed by atoms with Crippen molar-refractivity contribution >= 4 is 28.4 Å². The summed E-state index contributed by atoms with van der Waals surface area (Å²) in [5.41, 5.74) is 5.60. The van der Waals surface area contributed by atoms with Crippen LogP contribution >= 0.6 is 0 Å². The van der Waals surface area contributed by atoms with E-state index in [2.05, 4.69) is 9.97 Å². The molecule has 1 aliphatic carbocycles. The van der Waals surface area contributed by atoms with Gasteiger partial charge in [0, 0.05) is 34.9 Å². The van der Waals surface area contributed by atoms with Crippen LogP contribution < -0.4 is 9.64 Å². The van der Waals surface area contributed by atoms with E-state index in [1.165, 1.54) is 4.90 Å². The lowest BCUT2D eigenvalue weighted by Gasteiger charge is -2.31. The number of rotatable bonds is 3. The zero-order chi connectivity index (χ0) is 22.7. The smallest absolute Gasteiger partial charge is 0.242 e. The molecule has 3 heterocycles. The van der Waals surface area contributed by atoms with Crippen molar-refractivity contribution in [1.82, 2.24) is 9.97 Å². The fourth-order valence-electron chi connectivity index (χ4n) is 5.52. The number of carbonyl (C=O) groups excluding carboxylic acids is 2. The van der Waals surface area contributed by atoms with E-state index in [1.54, 1.807) is 19.5 Å². The van der Waals surface area contributed by atoms with Crippen LogP contribution in [0.25, 0.3) is 10.9 Å². The van der Waals surface area contributed by atoms with Crippen molar-refractivity contribution in [3.05, 3.63) is 89.4 Å². The lowest BCUT2D eigenvalue weighted by molar-refractivity contribution is -0.122. The molecular weight excluding hydrogens is 414 g/mol. The highest BCUT2D eigenvalue weighted by molar-refractivity contribution is 6.25. The zero-order valence-corrected chi connectivity index (χ0v) is 18.4. The molecule has 2 aromatic heterocycles. The number of carbonyl (C=O) groups is 2. The van der Waals surface area contributed by atoms with Crippen molar-refractivity contribution in [2.24, 2.45) is 5.92 Å². The number of ether oxygens (including phenoxy) is 1. The summed E-state index contributed by atoms with van der Waals surface area (Å²) in [6.45, 7) is 1.99. The predicted molar refractivity (Wildman–Crippen MR) is 125 cm³/mol. The number of aromatic nitrogens is 2. The van der Waals surface area contributed by atoms with E-state index in [0.717, 1.165) is 39.0 Å². The van der Waals surface area contributed by atoms with Gasteiger partial charge in [-0.1, -0.05) is 17.7 Å². The molecular formula is C27H23N3O3. The van der Waals surface area contributed by atoms with E-state index in [0.29, 0.717) is 12.1 Å². The first-order valence-electron chi connectivity index (χ1n) is 11.1. The Hall–Kier alpha value is -3.93. The summed E-state index contributed by atoms with van der Waals surface area (Å²) in [5.74, 6) is -0.728. The second-order valence-corrected chi connectivity index (χ2v) is 8.87. The van der Waals surface area contributed by atoms with Crippen LogP contribution in [0.3, 0.4) is 0 Å². The van der Waals surface area contributed by atoms with E-state index in [-0.39, 0.29) is 17.7 Å². The number of hydrogen-bond acceptors (Lipinski definition) is 4. The van der Waals surface area contributed by atoms with Crippen molar-refractivity contribution in [1.29, 1.82) is 0 Å². The largest absolute Gasteiger partial charge is 0.497 e. The van der Waals surface area contributed by atoms with Crippen molar-refractivity contribution in [3.8, 4) is 5.75 Å². The molecule has 1 aliphatic heterocycles. The number of benzene rings is 2. The van der Waals surface area contributed by atoms with Gasteiger partial charge in [0.15, 0.2) is 0 Å². The number of imide groups is 1. The maximum atomic E-state index is 13.9. The molecule has 3 atom stereocenters. The third kappa shape index (κ3) is 2.90. The Bertz CT molecular complexity index is 1390. The maximum absolute atomic E-state index is 13.9. The van der Waals surface area contributed by atoms with Gasteiger partial charge in [-0.05, 0) is 66.9 Å². The third-order valence-corrected chi connectivity index (χ3v) is 7.07. The van der Waals surface area contributed by atoms with E-state index in [4.69, 9.17) is 4.74 Å². The maximum Gasteiger partial charge on any atom is 0.242 e. The van der Waals surface area contributed by atoms with Crippen molar-refractivity contribution < 1.29 is 14.3 Å². The monoisotopic (exact) mass is 437 g/mol. The lowest BCUT2D eigenvalue weighted by atomic mass is 9.69. The highest BCUT2D eigenvalue weighted by Crippen LogP contribution is 2.52. The molecule has 2 aromatic carbocycles. The topological polar surface area (TPSA) is 75.3 Å². The van der Waals surface area contributed by atoms with Gasteiger partial charge in [0.05, 0.1) is 24.6 Å². The molecule has 164 valence electrons. The summed E-state index contributed by atoms with van der Waals surface area (Å²) in [4.78, 5) is 36.8. The number of fused-ring (bicyclic) bond motifs is 5. The van der Waals surface area contributed by atoms with Gasteiger partial charge in [0.2, 0.25) is 11.8 Å². The fraction of sp³-hybridized carbons (Fsp3) is 0.222. The Morgan fingerprint density at radius 2 is 1.76 bits per heavy atom. The molecule has 6 rings (SSSR count). The summed E-state index contributed by atoms with van der Waals surface area (Å²) in [6, 6.07) is 17.3. The van der Waals surface area contributed by atoms with Gasteiger partial charge in [0.1, 0.15) is 5.75 Å². The van der Waals surface area contributed by atoms with E-state index < -0.39 is 11.8 Å². The Labute approximate surface area is 191 Å². The van der Waals surface area contributed by atoms with Gasteiger partial charge >= 0.3 is 0 Å². The molecule has 1 N–H and O–H groups in total. The summed E-state index contributed by atoms with van der Waals surface area (Å²) >= 11 is 0. The standard InChI is InChI=1S/C27H23N3O3/c1-15-3-5-17(6-4-15)30-26(31)24-19(16-9-11-28-12-10-16)14-22-23(25(24)27(30)32)20-13-18(33-2)7-8-21(20)29-22/h3-13,19,24-25,29H,14H2,1-2H3. The van der Waals surface area contributed by atoms with Crippen molar-refractivity contribution in [2.75, 3.05) is 12.0 Å². The molecule has 2 aliphatic rings. The average Bonchev–Trinajstić information content (AvgIpc) is 3.33. The van der Waals surface area contributed by atoms with Gasteiger partial charge in [-0.2, -0.15) is 0 Å². The second kappa shape index (κ2) is 7.30. The molecule has 33 heavy (non-hydrogen) atoms. The van der Waals surface area contributed by atoms with Crippen LogP contribution in [0.4, 0.5) is 5.69 Å². The molecule has 0 bridgehead atoms. The summed E-state index contributed by atoms with van der Waals surface area (Å²) in [7, 11) is 1.63. The average molecular weight is 437 g/mol. The SMILES string of the molecule is COc1ccc2[nH]c3c(c2c1)C1C(=O)N(c2ccc(C)cc2)C(=O)C1C(c1ccncc1)C3. The number of nitrogens with one attached hydrogen (secondary N) is 1. The van der Waals surface area contributed by atoms with Gasteiger partial charge in [-0.15, -0.1) is 0 Å². The fourth-order valence-corrected chi connectivity index (χ4v) is 5.52. The third-order valence-electron chi connectivity index (χ3n) is 7.07. The van der Waals surface area contributed by atoms with Gasteiger partial charge in [0.25, 0.3) is 0 Å². The first-order chi connectivity index (χ1) is 16.1. The molecule has 3 unspecified atom stereocenters. The summed E-state index contributed by atoms with van der Waals surface area (Å²) in [6.07, 6.45) is 4.14. The Morgan fingerprint density at radius 1 is 1.00 bits per heavy atom. The Balaban J connectivity index is 1.57. The molecule has 2 amide bonds. The van der Waals surface area contributed by atoms with E-state index >= 15 is 0 Å². The number of amides is 2. The number of methoxy groups -OCH3 is 1. The Kier molecular flexibility index (Phi) is 4.37. The second-order valence-electron chi connectivity index (χ2n) is 8.87. The summed E-state index contributed by atoms with van der Waals surface area (Å²) < 4.78 is 5.45. The molecule has 4 aromatic rings. The molecule has 0 radical (unpaired) electrons. The van der Waals surface area contributed by atoms with Gasteiger partial charge in [-0.25, -0.2) is 4.90 Å². The summed E-state index contributed by atoms with van der Waals surface area (Å²) in [5, 5.41) is 0.944. The van der Waals surface area contributed by atoms with Gasteiger partial charge < -0.3 is 9.72 Å². The number of H-pyrrole nitrogens is 1. The molecule has 1 fully saturated rings. The number of nitrogens with zero attached hydrogens (tertiary/aromatic N) is 2. The van der Waals surface area contributed by atoms with Crippen LogP contribution in [0, 0.1) is 12.8 Å². The van der Waals surface area contributed by atoms with Crippen molar-refractivity contribution in [3.63, 3.8) is 0 Å². The molecule has 0 saturated carbocycles. The van der Waals surface area contributed by atoms with Crippen LogP contribution in [0.15, 0.2) is 67.0 Å². The minimum Gasteiger partial charge on any atom is -0.497 e. The minimum absolute atomic E-state index is 0.118. The first kappa shape index (κ1) is 19.7. The molecule has 1 saturated heterocycles. The zero-order valence-electron chi connectivity index (χ0n) is 18.4. The predicted octanol–water partition coefficient (Wildman–Crippen LogP) is 4.49. The number of pyridine rings is 1. The van der Waals surface area contributed by atoms with Crippen LogP contribution in [0.1, 0.15) is 34.2 Å². The minimum atomic E-state index is -0.554. The van der Waals surface area contributed by atoms with Crippen LogP contribution in [0.2, 0.25) is 0 Å². The molecule has 6 nitrogen and oxygen atoms in total. The number of aryl methyl sites for hydroxylation is 1.